The minimum atomic E-state index is -4.48. The number of benzene rings is 1. The molecular formula is C15H14ClF3N3O2-. The number of carbonyl (C=O) groups excluding carboxylic acids is 1. The summed E-state index contributed by atoms with van der Waals surface area (Å²) in [4.78, 5) is 16.2. The second-order valence-corrected chi connectivity index (χ2v) is 4.58. The average Bonchev–Trinajstić information content (AvgIpc) is 2.52. The molecule has 3 N–H and O–H groups in total. The lowest BCUT2D eigenvalue weighted by Crippen LogP contribution is -3.00. The van der Waals surface area contributed by atoms with Gasteiger partial charge in [-0.05, 0) is 30.3 Å². The monoisotopic (exact) mass is 360 g/mol. The highest BCUT2D eigenvalue weighted by atomic mass is 35.5. The number of anilines is 2. The van der Waals surface area contributed by atoms with Gasteiger partial charge in [0.1, 0.15) is 5.82 Å². The van der Waals surface area contributed by atoms with E-state index in [2.05, 4.69) is 15.6 Å². The zero-order valence-electron chi connectivity index (χ0n) is 12.3. The van der Waals surface area contributed by atoms with Crippen LogP contribution >= 0.6 is 0 Å². The van der Waals surface area contributed by atoms with Crippen LogP contribution in [0.1, 0.15) is 15.9 Å². The molecule has 0 aliphatic carbocycles. The zero-order chi connectivity index (χ0) is 16.9. The maximum atomic E-state index is 12.7. The Hall–Kier alpha value is -2.32. The molecule has 2 aromatic rings. The van der Waals surface area contributed by atoms with Gasteiger partial charge in [0.05, 0.1) is 17.7 Å². The first-order chi connectivity index (χ1) is 10.9. The lowest BCUT2D eigenvalue weighted by atomic mass is 10.2. The molecule has 0 unspecified atom stereocenters. The summed E-state index contributed by atoms with van der Waals surface area (Å²) in [5, 5.41) is 14.0. The number of carbonyl (C=O) groups is 1. The largest absolute Gasteiger partial charge is 1.00 e. The number of pyridine rings is 1. The highest BCUT2D eigenvalue weighted by molar-refractivity contribution is 6.07. The minimum absolute atomic E-state index is 0. The van der Waals surface area contributed by atoms with Gasteiger partial charge in [0.25, 0.3) is 5.91 Å². The Kier molecular flexibility index (Phi) is 6.99. The number of aliphatic hydroxyl groups excluding tert-OH is 1. The van der Waals surface area contributed by atoms with Crippen molar-refractivity contribution in [3.05, 3.63) is 53.7 Å². The molecule has 5 nitrogen and oxygen atoms in total. The summed E-state index contributed by atoms with van der Waals surface area (Å²) in [6.07, 6.45) is -3.02. The van der Waals surface area contributed by atoms with Gasteiger partial charge in [0.2, 0.25) is 0 Å². The Morgan fingerprint density at radius 1 is 1.21 bits per heavy atom. The third-order valence-electron chi connectivity index (χ3n) is 2.90. The van der Waals surface area contributed by atoms with Crippen LogP contribution in [0.4, 0.5) is 24.7 Å². The van der Waals surface area contributed by atoms with Gasteiger partial charge in [0.15, 0.2) is 0 Å². The molecule has 0 fully saturated rings. The summed E-state index contributed by atoms with van der Waals surface area (Å²) >= 11 is 0. The second kappa shape index (κ2) is 8.51. The van der Waals surface area contributed by atoms with E-state index in [-0.39, 0.29) is 42.6 Å². The number of aromatic nitrogens is 1. The fourth-order valence-electron chi connectivity index (χ4n) is 1.88. The van der Waals surface area contributed by atoms with Gasteiger partial charge >= 0.3 is 6.18 Å². The highest BCUT2D eigenvalue weighted by Gasteiger charge is 2.30. The van der Waals surface area contributed by atoms with E-state index in [1.54, 1.807) is 0 Å². The lowest BCUT2D eigenvalue weighted by molar-refractivity contribution is -0.137. The molecule has 0 spiro atoms. The van der Waals surface area contributed by atoms with Gasteiger partial charge < -0.3 is 28.1 Å². The quantitative estimate of drug-likeness (QED) is 0.688. The molecule has 24 heavy (non-hydrogen) atoms. The predicted octanol–water partition coefficient (Wildman–Crippen LogP) is -0.239. The fraction of sp³-hybridized carbons (Fsp3) is 0.200. The van der Waals surface area contributed by atoms with Crippen molar-refractivity contribution >= 4 is 17.4 Å². The van der Waals surface area contributed by atoms with Crippen molar-refractivity contribution in [1.29, 1.82) is 0 Å². The first-order valence-electron chi connectivity index (χ1n) is 6.70. The van der Waals surface area contributed by atoms with E-state index >= 15 is 0 Å². The summed E-state index contributed by atoms with van der Waals surface area (Å²) in [7, 11) is 0. The molecule has 1 heterocycles. The molecule has 130 valence electrons. The molecule has 0 radical (unpaired) electrons. The minimum Gasteiger partial charge on any atom is -1.00 e. The Morgan fingerprint density at radius 3 is 2.62 bits per heavy atom. The van der Waals surface area contributed by atoms with E-state index in [1.165, 1.54) is 30.5 Å². The van der Waals surface area contributed by atoms with Crippen molar-refractivity contribution in [1.82, 2.24) is 4.98 Å². The first-order valence-corrected chi connectivity index (χ1v) is 6.70. The Labute approximate surface area is 142 Å². The number of rotatable bonds is 5. The third kappa shape index (κ3) is 5.10. The molecular weight excluding hydrogens is 347 g/mol. The van der Waals surface area contributed by atoms with Crippen molar-refractivity contribution in [3.63, 3.8) is 0 Å². The summed E-state index contributed by atoms with van der Waals surface area (Å²) in [5.74, 6) is -0.358. The van der Waals surface area contributed by atoms with Crippen LogP contribution in [0, 0.1) is 0 Å². The molecule has 2 rings (SSSR count). The van der Waals surface area contributed by atoms with Crippen molar-refractivity contribution in [2.24, 2.45) is 0 Å². The molecule has 0 aliphatic rings. The number of nitrogens with one attached hydrogen (secondary N) is 2. The number of nitrogens with zero attached hydrogens (tertiary/aromatic N) is 1. The SMILES string of the molecule is O=C(Nc1cccc(C(F)(F)F)c1)c1cccnc1NCCO.[Cl-]. The van der Waals surface area contributed by atoms with Gasteiger partial charge in [-0.15, -0.1) is 0 Å². The third-order valence-corrected chi connectivity index (χ3v) is 2.90. The molecule has 1 aromatic carbocycles. The molecule has 0 saturated carbocycles. The summed E-state index contributed by atoms with van der Waals surface area (Å²) in [5.41, 5.74) is -0.653. The van der Waals surface area contributed by atoms with Gasteiger partial charge in [-0.25, -0.2) is 4.98 Å². The average molecular weight is 361 g/mol. The molecule has 0 atom stereocenters. The smallest absolute Gasteiger partial charge is 0.416 e. The molecule has 0 saturated heterocycles. The van der Waals surface area contributed by atoms with E-state index in [0.717, 1.165) is 12.1 Å². The number of halogens is 4. The molecule has 1 amide bonds. The standard InChI is InChI=1S/C15H14F3N3O2.ClH/c16-15(17,18)10-3-1-4-11(9-10)21-14(23)12-5-2-6-19-13(12)20-7-8-22;/h1-6,9,22H,7-8H2,(H,19,20)(H,21,23);1H/p-1. The van der Waals surface area contributed by atoms with Crippen molar-refractivity contribution in [2.45, 2.75) is 6.18 Å². The Balaban J connectivity index is 0.00000288. The molecule has 9 heteroatoms. The van der Waals surface area contributed by atoms with Crippen LogP contribution in [0.25, 0.3) is 0 Å². The number of hydrogen-bond donors (Lipinski definition) is 3. The van der Waals surface area contributed by atoms with Crippen LogP contribution in [0.15, 0.2) is 42.6 Å². The molecule has 1 aromatic heterocycles. The maximum absolute atomic E-state index is 12.7. The van der Waals surface area contributed by atoms with Gasteiger partial charge in [0, 0.05) is 18.4 Å². The van der Waals surface area contributed by atoms with E-state index < -0.39 is 17.6 Å². The highest BCUT2D eigenvalue weighted by Crippen LogP contribution is 2.30. The Bertz CT molecular complexity index is 696. The fourth-order valence-corrected chi connectivity index (χ4v) is 1.88. The van der Waals surface area contributed by atoms with Gasteiger partial charge in [-0.1, -0.05) is 6.07 Å². The number of aliphatic hydroxyl groups is 1. The van der Waals surface area contributed by atoms with Crippen LogP contribution in [0.2, 0.25) is 0 Å². The molecule has 0 aliphatic heterocycles. The van der Waals surface area contributed by atoms with Crippen molar-refractivity contribution in [3.8, 4) is 0 Å². The Morgan fingerprint density at radius 2 is 1.96 bits per heavy atom. The van der Waals surface area contributed by atoms with Crippen LogP contribution in [0.5, 0.6) is 0 Å². The topological polar surface area (TPSA) is 74.2 Å². The lowest BCUT2D eigenvalue weighted by Gasteiger charge is -2.12. The van der Waals surface area contributed by atoms with Crippen molar-refractivity contribution in [2.75, 3.05) is 23.8 Å². The summed E-state index contributed by atoms with van der Waals surface area (Å²) in [6, 6.07) is 7.38. The van der Waals surface area contributed by atoms with E-state index in [1.807, 2.05) is 0 Å². The van der Waals surface area contributed by atoms with E-state index in [4.69, 9.17) is 5.11 Å². The van der Waals surface area contributed by atoms with E-state index in [9.17, 15) is 18.0 Å². The predicted molar refractivity (Wildman–Crippen MR) is 79.2 cm³/mol. The second-order valence-electron chi connectivity index (χ2n) is 4.58. The summed E-state index contributed by atoms with van der Waals surface area (Å²) in [6.45, 7) is 0.0477. The maximum Gasteiger partial charge on any atom is 0.416 e. The van der Waals surface area contributed by atoms with Crippen molar-refractivity contribution < 1.29 is 35.5 Å². The zero-order valence-corrected chi connectivity index (χ0v) is 13.0. The van der Waals surface area contributed by atoms with Crippen LogP contribution in [0.3, 0.4) is 0 Å². The molecule has 0 bridgehead atoms. The number of alkyl halides is 3. The van der Waals surface area contributed by atoms with Gasteiger partial charge in [-0.3, -0.25) is 4.79 Å². The normalized spacial score (nSPS) is 10.7. The first kappa shape index (κ1) is 19.7. The van der Waals surface area contributed by atoms with E-state index in [0.29, 0.717) is 0 Å². The van der Waals surface area contributed by atoms with Crippen LogP contribution in [-0.2, 0) is 6.18 Å². The summed E-state index contributed by atoms with van der Waals surface area (Å²) < 4.78 is 38.0. The number of amides is 1. The van der Waals surface area contributed by atoms with Gasteiger partial charge in [-0.2, -0.15) is 13.2 Å². The number of hydrogen-bond acceptors (Lipinski definition) is 4. The van der Waals surface area contributed by atoms with Crippen LogP contribution in [-0.4, -0.2) is 29.1 Å². The van der Waals surface area contributed by atoms with Crippen LogP contribution < -0.4 is 23.0 Å².